The number of amidine groups is 1. The topological polar surface area (TPSA) is 184 Å². The summed E-state index contributed by atoms with van der Waals surface area (Å²) in [4.78, 5) is 28.0. The van der Waals surface area contributed by atoms with Crippen molar-refractivity contribution in [2.24, 2.45) is 4.99 Å². The van der Waals surface area contributed by atoms with Crippen LogP contribution in [-0.2, 0) is 14.3 Å². The average Bonchev–Trinajstić information content (AvgIpc) is 3.33. The van der Waals surface area contributed by atoms with Crippen LogP contribution in [0.2, 0.25) is 0 Å². The second kappa shape index (κ2) is 7.03. The van der Waals surface area contributed by atoms with Gasteiger partial charge in [0.25, 0.3) is 6.02 Å². The summed E-state index contributed by atoms with van der Waals surface area (Å²) in [5.41, 5.74) is 0.531. The van der Waals surface area contributed by atoms with E-state index in [9.17, 15) is 25.2 Å². The van der Waals surface area contributed by atoms with Crippen molar-refractivity contribution in [1.82, 2.24) is 19.5 Å². The fraction of sp³-hybridized carbons (Fsp3) is 0.533. The van der Waals surface area contributed by atoms with E-state index in [0.717, 1.165) is 0 Å². The Bertz CT molecular complexity index is 931. The average molecular weight is 394 g/mol. The minimum atomic E-state index is -1.30. The molecule has 2 aromatic rings. The van der Waals surface area contributed by atoms with E-state index in [1.807, 2.05) is 0 Å². The summed E-state index contributed by atoms with van der Waals surface area (Å²) in [5, 5.41) is 41.6. The van der Waals surface area contributed by atoms with Crippen molar-refractivity contribution >= 4 is 29.0 Å². The van der Waals surface area contributed by atoms with Crippen molar-refractivity contribution in [1.29, 1.82) is 0 Å². The predicted molar refractivity (Wildman–Crippen MR) is 91.0 cm³/mol. The van der Waals surface area contributed by atoms with E-state index < -0.39 is 49.3 Å². The molecular formula is C15H18N6O7. The number of aliphatic hydroxyl groups is 4. The Morgan fingerprint density at radius 2 is 2.07 bits per heavy atom. The first-order valence-corrected chi connectivity index (χ1v) is 8.45. The molecule has 0 unspecified atom stereocenters. The Morgan fingerprint density at radius 1 is 1.29 bits per heavy atom. The Labute approximate surface area is 157 Å². The number of aliphatic imine (C=N–C) groups is 1. The largest absolute Gasteiger partial charge is 0.394 e. The number of nitrogens with zero attached hydrogens (tertiary/aromatic N) is 5. The van der Waals surface area contributed by atoms with Crippen molar-refractivity contribution in [2.45, 2.75) is 43.6 Å². The van der Waals surface area contributed by atoms with Crippen LogP contribution in [0.15, 0.2) is 17.6 Å². The third kappa shape index (κ3) is 2.98. The van der Waals surface area contributed by atoms with Crippen LogP contribution in [0.3, 0.4) is 0 Å². The van der Waals surface area contributed by atoms with Gasteiger partial charge in [0.05, 0.1) is 19.0 Å². The summed E-state index contributed by atoms with van der Waals surface area (Å²) in [6.07, 6.45) is -2.98. The highest BCUT2D eigenvalue weighted by Crippen LogP contribution is 2.32. The van der Waals surface area contributed by atoms with E-state index in [4.69, 9.17) is 9.47 Å². The van der Waals surface area contributed by atoms with E-state index in [0.29, 0.717) is 0 Å². The van der Waals surface area contributed by atoms with Gasteiger partial charge in [0.1, 0.15) is 24.6 Å². The monoisotopic (exact) mass is 394 g/mol. The van der Waals surface area contributed by atoms with E-state index in [2.05, 4.69) is 25.3 Å². The standard InChI is InChI=1S/C15H18N6O7/c1-5(23)7-14(26)28-15(19-7)20-11-8-12(17-3-16-11)21(4-18-8)13-10(25)9(24)6(2-22)27-13/h3-7,9-10,13,22-25H,2H2,1H3,(H,16,17,19,20)/t5-,6-,7+,9-,10-,13-/m1/s1. The molecule has 1 saturated heterocycles. The summed E-state index contributed by atoms with van der Waals surface area (Å²) >= 11 is 0. The normalized spacial score (nSPS) is 31.1. The number of anilines is 1. The predicted octanol–water partition coefficient (Wildman–Crippen LogP) is -2.49. The maximum atomic E-state index is 11.7. The number of ether oxygens (including phenoxy) is 2. The Balaban J connectivity index is 1.63. The van der Waals surface area contributed by atoms with Gasteiger partial charge in [0, 0.05) is 0 Å². The second-order valence-electron chi connectivity index (χ2n) is 6.44. The number of imidazole rings is 1. The second-order valence-corrected chi connectivity index (χ2v) is 6.44. The first-order valence-electron chi connectivity index (χ1n) is 8.45. The molecule has 5 N–H and O–H groups in total. The Kier molecular flexibility index (Phi) is 4.68. The molecule has 0 aliphatic carbocycles. The first-order chi connectivity index (χ1) is 13.4. The van der Waals surface area contributed by atoms with Crippen LogP contribution in [0.5, 0.6) is 0 Å². The molecule has 0 bridgehead atoms. The molecule has 28 heavy (non-hydrogen) atoms. The van der Waals surface area contributed by atoms with Gasteiger partial charge < -0.3 is 29.9 Å². The molecule has 13 heteroatoms. The molecule has 2 aromatic heterocycles. The first kappa shape index (κ1) is 18.6. The lowest BCUT2D eigenvalue weighted by Gasteiger charge is -2.16. The van der Waals surface area contributed by atoms with Crippen molar-refractivity contribution in [3.8, 4) is 0 Å². The maximum Gasteiger partial charge on any atom is 0.341 e. The van der Waals surface area contributed by atoms with Crippen LogP contribution >= 0.6 is 0 Å². The van der Waals surface area contributed by atoms with E-state index >= 15 is 0 Å². The summed E-state index contributed by atoms with van der Waals surface area (Å²) in [7, 11) is 0. The van der Waals surface area contributed by atoms with Crippen LogP contribution in [0, 0.1) is 0 Å². The molecule has 2 aliphatic rings. The number of cyclic esters (lactones) is 1. The molecule has 0 spiro atoms. The molecule has 4 heterocycles. The number of carbonyl (C=O) groups excluding carboxylic acids is 1. The number of hydrogen-bond donors (Lipinski definition) is 5. The summed E-state index contributed by atoms with van der Waals surface area (Å²) in [5.74, 6) is -0.520. The van der Waals surface area contributed by atoms with Crippen molar-refractivity contribution in [3.63, 3.8) is 0 Å². The van der Waals surface area contributed by atoms with E-state index in [1.54, 1.807) is 0 Å². The molecule has 4 rings (SSSR count). The number of aliphatic hydroxyl groups excluding tert-OH is 4. The number of rotatable bonds is 4. The molecule has 0 saturated carbocycles. The highest BCUT2D eigenvalue weighted by molar-refractivity contribution is 6.04. The molecule has 0 aromatic carbocycles. The van der Waals surface area contributed by atoms with Gasteiger partial charge in [-0.15, -0.1) is 0 Å². The highest BCUT2D eigenvalue weighted by atomic mass is 16.6. The van der Waals surface area contributed by atoms with Crippen molar-refractivity contribution in [2.75, 3.05) is 11.9 Å². The summed E-state index contributed by atoms with van der Waals surface area (Å²) in [6, 6.07) is -1.17. The van der Waals surface area contributed by atoms with Crippen LogP contribution < -0.4 is 5.32 Å². The molecule has 13 nitrogen and oxygen atoms in total. The van der Waals surface area contributed by atoms with Gasteiger partial charge in [-0.05, 0) is 6.92 Å². The summed E-state index contributed by atoms with van der Waals surface area (Å²) < 4.78 is 11.9. The van der Waals surface area contributed by atoms with Crippen molar-refractivity contribution in [3.05, 3.63) is 12.7 Å². The van der Waals surface area contributed by atoms with Crippen molar-refractivity contribution < 1.29 is 34.7 Å². The number of fused-ring (bicyclic) bond motifs is 1. The van der Waals surface area contributed by atoms with Crippen LogP contribution in [0.25, 0.3) is 11.2 Å². The quantitative estimate of drug-likeness (QED) is 0.346. The van der Waals surface area contributed by atoms with Crippen LogP contribution in [0.1, 0.15) is 13.2 Å². The number of carbonyl (C=O) groups is 1. The molecule has 1 fully saturated rings. The van der Waals surface area contributed by atoms with E-state index in [1.165, 1.54) is 24.1 Å². The zero-order chi connectivity index (χ0) is 20.0. The lowest BCUT2D eigenvalue weighted by molar-refractivity contribution is -0.137. The highest BCUT2D eigenvalue weighted by Gasteiger charge is 2.44. The van der Waals surface area contributed by atoms with Gasteiger partial charge in [0.15, 0.2) is 29.3 Å². The third-order valence-electron chi connectivity index (χ3n) is 4.53. The molecule has 0 radical (unpaired) electrons. The van der Waals surface area contributed by atoms with Gasteiger partial charge in [-0.25, -0.2) is 24.7 Å². The van der Waals surface area contributed by atoms with Gasteiger partial charge in [0.2, 0.25) is 0 Å². The summed E-state index contributed by atoms with van der Waals surface area (Å²) in [6.45, 7) is 0.961. The lowest BCUT2D eigenvalue weighted by atomic mass is 10.1. The van der Waals surface area contributed by atoms with Gasteiger partial charge >= 0.3 is 5.97 Å². The minimum Gasteiger partial charge on any atom is -0.394 e. The molecule has 6 atom stereocenters. The third-order valence-corrected chi connectivity index (χ3v) is 4.53. The fourth-order valence-corrected chi connectivity index (χ4v) is 3.06. The number of nitrogens with one attached hydrogen (secondary N) is 1. The van der Waals surface area contributed by atoms with Crippen LogP contribution in [0.4, 0.5) is 5.82 Å². The van der Waals surface area contributed by atoms with Gasteiger partial charge in [-0.1, -0.05) is 0 Å². The lowest BCUT2D eigenvalue weighted by Crippen LogP contribution is -2.33. The molecule has 0 amide bonds. The number of esters is 1. The van der Waals surface area contributed by atoms with E-state index in [-0.39, 0.29) is 23.0 Å². The zero-order valence-electron chi connectivity index (χ0n) is 14.6. The number of aromatic nitrogens is 4. The Hall–Kier alpha value is -2.71. The van der Waals surface area contributed by atoms with Gasteiger partial charge in [-0.2, -0.15) is 0 Å². The minimum absolute atomic E-state index is 0.140. The van der Waals surface area contributed by atoms with Crippen LogP contribution in [-0.4, -0.2) is 89.0 Å². The van der Waals surface area contributed by atoms with Gasteiger partial charge in [-0.3, -0.25) is 9.88 Å². The zero-order valence-corrected chi connectivity index (χ0v) is 14.6. The Morgan fingerprint density at radius 3 is 2.71 bits per heavy atom. The number of hydrogen-bond acceptors (Lipinski definition) is 12. The SMILES string of the molecule is C[C@@H](O)[C@@H]1N=C(Nc2ncnc3c2ncn3[C@@H]2O[C@H](CO)[C@@H](O)[C@H]2O)OC1=O. The smallest absolute Gasteiger partial charge is 0.341 e. The molecular weight excluding hydrogens is 376 g/mol. The molecule has 150 valence electrons. The fourth-order valence-electron chi connectivity index (χ4n) is 3.06. The maximum absolute atomic E-state index is 11.7. The molecule has 2 aliphatic heterocycles.